The third-order valence-corrected chi connectivity index (χ3v) is 2.85. The number of hydrogen-bond donors (Lipinski definition) is 2. The largest absolute Gasteiger partial charge is 0.494 e. The molecule has 0 unspecified atom stereocenters. The third kappa shape index (κ3) is 2.38. The Morgan fingerprint density at radius 3 is 2.78 bits per heavy atom. The smallest absolute Gasteiger partial charge is 0.145 e. The maximum atomic E-state index is 5.59. The Hall–Kier alpha value is -1.81. The highest BCUT2D eigenvalue weighted by Crippen LogP contribution is 2.30. The van der Waals surface area contributed by atoms with E-state index in [-0.39, 0.29) is 0 Å². The van der Waals surface area contributed by atoms with Crippen LogP contribution in [0.5, 0.6) is 5.75 Å². The number of pyridine rings is 1. The van der Waals surface area contributed by atoms with Crippen molar-refractivity contribution in [1.82, 2.24) is 4.98 Å². The number of nitrogens with zero attached hydrogens (tertiary/aromatic N) is 1. The van der Waals surface area contributed by atoms with Gasteiger partial charge in [0, 0.05) is 11.1 Å². The molecule has 1 aromatic carbocycles. The number of aromatic nitrogens is 1. The van der Waals surface area contributed by atoms with Crippen molar-refractivity contribution in [3.63, 3.8) is 0 Å². The second kappa shape index (κ2) is 5.23. The number of nitrogen functional groups attached to an aromatic ring is 1. The molecule has 0 spiro atoms. The number of rotatable bonds is 4. The first-order valence-electron chi connectivity index (χ1n) is 6.09. The van der Waals surface area contributed by atoms with Crippen molar-refractivity contribution < 1.29 is 4.74 Å². The minimum Gasteiger partial charge on any atom is -0.494 e. The molecule has 18 heavy (non-hydrogen) atoms. The number of methoxy groups -OCH3 is 1. The first-order valence-corrected chi connectivity index (χ1v) is 6.09. The molecule has 2 rings (SSSR count). The zero-order chi connectivity index (χ0) is 13.1. The van der Waals surface area contributed by atoms with Crippen LogP contribution in [0.4, 0.5) is 5.69 Å². The molecule has 0 radical (unpaired) electrons. The summed E-state index contributed by atoms with van der Waals surface area (Å²) in [6.45, 7) is 4.34. The van der Waals surface area contributed by atoms with Crippen molar-refractivity contribution in [3.8, 4) is 5.75 Å². The van der Waals surface area contributed by atoms with Gasteiger partial charge in [0.1, 0.15) is 11.3 Å². The van der Waals surface area contributed by atoms with Gasteiger partial charge in [0.2, 0.25) is 0 Å². The molecule has 0 bridgehead atoms. The Morgan fingerprint density at radius 1 is 1.39 bits per heavy atom. The predicted octanol–water partition coefficient (Wildman–Crippen LogP) is 2.73. The molecule has 0 amide bonds. The van der Waals surface area contributed by atoms with Crippen molar-refractivity contribution in [2.24, 2.45) is 11.8 Å². The summed E-state index contributed by atoms with van der Waals surface area (Å²) in [5.41, 5.74) is 5.50. The lowest BCUT2D eigenvalue weighted by molar-refractivity contribution is 0.418. The summed E-state index contributed by atoms with van der Waals surface area (Å²) in [6.07, 6.45) is 0.919. The maximum Gasteiger partial charge on any atom is 0.145 e. The van der Waals surface area contributed by atoms with Gasteiger partial charge in [-0.05, 0) is 24.5 Å². The van der Waals surface area contributed by atoms with E-state index in [1.807, 2.05) is 24.3 Å². The average molecular weight is 245 g/mol. The summed E-state index contributed by atoms with van der Waals surface area (Å²) in [6, 6.07) is 7.83. The average Bonchev–Trinajstić information content (AvgIpc) is 2.36. The van der Waals surface area contributed by atoms with Crippen LogP contribution < -0.4 is 16.0 Å². The minimum absolute atomic E-state index is 0.551. The first kappa shape index (κ1) is 12.6. The third-order valence-electron chi connectivity index (χ3n) is 2.85. The second-order valence-corrected chi connectivity index (χ2v) is 4.76. The van der Waals surface area contributed by atoms with Crippen molar-refractivity contribution in [1.29, 1.82) is 0 Å². The van der Waals surface area contributed by atoms with Crippen molar-refractivity contribution in [2.45, 2.75) is 20.3 Å². The van der Waals surface area contributed by atoms with Crippen LogP contribution in [0.25, 0.3) is 10.9 Å². The zero-order valence-corrected chi connectivity index (χ0v) is 11.0. The molecule has 0 atom stereocenters. The highest BCUT2D eigenvalue weighted by Gasteiger charge is 2.10. The maximum absolute atomic E-state index is 5.59. The van der Waals surface area contributed by atoms with Gasteiger partial charge in [-0.1, -0.05) is 26.0 Å². The molecule has 0 saturated heterocycles. The van der Waals surface area contributed by atoms with Gasteiger partial charge < -0.3 is 10.2 Å². The van der Waals surface area contributed by atoms with Gasteiger partial charge in [-0.15, -0.1) is 0 Å². The number of nitrogens with two attached hydrogens (primary N) is 1. The Kier molecular flexibility index (Phi) is 3.67. The Balaban J connectivity index is 2.64. The molecule has 1 heterocycles. The Morgan fingerprint density at radius 2 is 2.17 bits per heavy atom. The normalized spacial score (nSPS) is 10.9. The number of fused-ring (bicyclic) bond motifs is 1. The molecule has 1 aromatic heterocycles. The van der Waals surface area contributed by atoms with Crippen molar-refractivity contribution >= 4 is 16.6 Å². The van der Waals surface area contributed by atoms with Crippen LogP contribution in [0.15, 0.2) is 24.3 Å². The summed E-state index contributed by atoms with van der Waals surface area (Å²) in [7, 11) is 1.65. The number of para-hydroxylation sites is 1. The molecule has 96 valence electrons. The molecular weight excluding hydrogens is 226 g/mol. The molecule has 0 saturated carbocycles. The molecule has 2 aromatic rings. The Labute approximate surface area is 107 Å². The lowest BCUT2D eigenvalue weighted by Gasteiger charge is -2.12. The van der Waals surface area contributed by atoms with E-state index < -0.39 is 0 Å². The van der Waals surface area contributed by atoms with Crippen LogP contribution in [-0.2, 0) is 6.42 Å². The van der Waals surface area contributed by atoms with Gasteiger partial charge in [-0.3, -0.25) is 5.84 Å². The molecule has 0 fully saturated rings. The van der Waals surface area contributed by atoms with E-state index in [0.29, 0.717) is 5.92 Å². The quantitative estimate of drug-likeness (QED) is 0.642. The number of hydrazine groups is 1. The molecule has 3 N–H and O–H groups in total. The standard InChI is InChI=1S/C14H19N3O/c1-9(2)7-10-8-12(17-15)11-5-4-6-13(18-3)14(11)16-10/h4-6,8-9H,7,15H2,1-3H3,(H,16,17). The van der Waals surface area contributed by atoms with Gasteiger partial charge in [0.05, 0.1) is 12.8 Å². The van der Waals surface area contributed by atoms with Crippen LogP contribution in [0.2, 0.25) is 0 Å². The van der Waals surface area contributed by atoms with Crippen molar-refractivity contribution in [2.75, 3.05) is 12.5 Å². The summed E-state index contributed by atoms with van der Waals surface area (Å²) >= 11 is 0. The van der Waals surface area contributed by atoms with Gasteiger partial charge in [0.25, 0.3) is 0 Å². The van der Waals surface area contributed by atoms with Crippen molar-refractivity contribution in [3.05, 3.63) is 30.0 Å². The van der Waals surface area contributed by atoms with Crippen LogP contribution in [0, 0.1) is 5.92 Å². The molecular formula is C14H19N3O. The number of hydrogen-bond acceptors (Lipinski definition) is 4. The summed E-state index contributed by atoms with van der Waals surface area (Å²) in [4.78, 5) is 4.67. The predicted molar refractivity (Wildman–Crippen MR) is 74.6 cm³/mol. The van der Waals surface area contributed by atoms with E-state index in [2.05, 4.69) is 24.3 Å². The fourth-order valence-corrected chi connectivity index (χ4v) is 2.08. The van der Waals surface area contributed by atoms with Crippen LogP contribution in [0.3, 0.4) is 0 Å². The molecule has 4 nitrogen and oxygen atoms in total. The SMILES string of the molecule is COc1cccc2c(NN)cc(CC(C)C)nc12. The fraction of sp³-hybridized carbons (Fsp3) is 0.357. The van der Waals surface area contributed by atoms with E-state index in [4.69, 9.17) is 10.6 Å². The van der Waals surface area contributed by atoms with E-state index in [0.717, 1.165) is 34.5 Å². The Bertz CT molecular complexity index is 552. The van der Waals surface area contributed by atoms with Crippen LogP contribution in [0.1, 0.15) is 19.5 Å². The fourth-order valence-electron chi connectivity index (χ4n) is 2.08. The molecule has 4 heteroatoms. The van der Waals surface area contributed by atoms with Gasteiger partial charge >= 0.3 is 0 Å². The highest BCUT2D eigenvalue weighted by molar-refractivity contribution is 5.94. The summed E-state index contributed by atoms with van der Waals surface area (Å²) in [5.74, 6) is 6.91. The summed E-state index contributed by atoms with van der Waals surface area (Å²) < 4.78 is 5.36. The molecule has 0 aliphatic rings. The number of benzene rings is 1. The monoisotopic (exact) mass is 245 g/mol. The first-order chi connectivity index (χ1) is 8.65. The van der Waals surface area contributed by atoms with E-state index in [1.54, 1.807) is 7.11 Å². The minimum atomic E-state index is 0.551. The number of anilines is 1. The lowest BCUT2D eigenvalue weighted by Crippen LogP contribution is -2.09. The van der Waals surface area contributed by atoms with Crippen LogP contribution in [-0.4, -0.2) is 12.1 Å². The van der Waals surface area contributed by atoms with E-state index in [1.165, 1.54) is 0 Å². The second-order valence-electron chi connectivity index (χ2n) is 4.76. The zero-order valence-electron chi connectivity index (χ0n) is 11.0. The van der Waals surface area contributed by atoms with E-state index >= 15 is 0 Å². The summed E-state index contributed by atoms with van der Waals surface area (Å²) in [5, 5.41) is 0.976. The molecule has 0 aliphatic carbocycles. The topological polar surface area (TPSA) is 60.2 Å². The number of nitrogens with one attached hydrogen (secondary N) is 1. The van der Waals surface area contributed by atoms with Gasteiger partial charge in [0.15, 0.2) is 0 Å². The van der Waals surface area contributed by atoms with Gasteiger partial charge in [-0.25, -0.2) is 4.98 Å². The lowest BCUT2D eigenvalue weighted by atomic mass is 10.1. The molecule has 0 aliphatic heterocycles. The van der Waals surface area contributed by atoms with Crippen LogP contribution >= 0.6 is 0 Å². The van der Waals surface area contributed by atoms with E-state index in [9.17, 15) is 0 Å². The number of ether oxygens (including phenoxy) is 1. The highest BCUT2D eigenvalue weighted by atomic mass is 16.5. The van der Waals surface area contributed by atoms with Gasteiger partial charge in [-0.2, -0.15) is 0 Å².